The fourth-order valence-electron chi connectivity index (χ4n) is 3.51. The maximum absolute atomic E-state index is 12.3. The van der Waals surface area contributed by atoms with Gasteiger partial charge in [0.2, 0.25) is 0 Å². The van der Waals surface area contributed by atoms with Gasteiger partial charge in [-0.25, -0.2) is 0 Å². The van der Waals surface area contributed by atoms with Gasteiger partial charge in [0.05, 0.1) is 12.1 Å². The highest BCUT2D eigenvalue weighted by Gasteiger charge is 2.53. The number of hydrogen-bond donors (Lipinski definition) is 2. The second-order valence-corrected chi connectivity index (χ2v) is 5.82. The monoisotopic (exact) mass is 274 g/mol. The molecular weight excluding hydrogens is 256 g/mol. The summed E-state index contributed by atoms with van der Waals surface area (Å²) in [4.78, 5) is 12.3. The van der Waals surface area contributed by atoms with Crippen LogP contribution in [0.4, 0.5) is 0 Å². The minimum atomic E-state index is -0.444. The summed E-state index contributed by atoms with van der Waals surface area (Å²) in [5.41, 5.74) is 7.19. The van der Waals surface area contributed by atoms with Crippen LogP contribution in [0.1, 0.15) is 12.0 Å². The molecule has 2 aliphatic heterocycles. The molecule has 1 aromatic carbocycles. The summed E-state index contributed by atoms with van der Waals surface area (Å²) in [6.45, 7) is 0.751. The molecule has 0 radical (unpaired) electrons. The van der Waals surface area contributed by atoms with E-state index in [1.54, 1.807) is 0 Å². The normalized spacial score (nSPS) is 37.5. The summed E-state index contributed by atoms with van der Waals surface area (Å²) in [5, 5.41) is 3.00. The van der Waals surface area contributed by atoms with Gasteiger partial charge < -0.3 is 20.5 Å². The van der Waals surface area contributed by atoms with Gasteiger partial charge in [-0.3, -0.25) is 4.79 Å². The second-order valence-electron chi connectivity index (χ2n) is 5.82. The molecule has 3 N–H and O–H groups in total. The summed E-state index contributed by atoms with van der Waals surface area (Å²) in [6.07, 6.45) is 1.28. The predicted molar refractivity (Wildman–Crippen MR) is 72.3 cm³/mol. The number of amides is 1. The van der Waals surface area contributed by atoms with E-state index in [0.717, 1.165) is 24.3 Å². The molecule has 5 heteroatoms. The smallest absolute Gasteiger partial charge is 0.261 e. The molecule has 5 unspecified atom stereocenters. The van der Waals surface area contributed by atoms with E-state index in [0.29, 0.717) is 12.3 Å². The molecule has 0 aromatic heterocycles. The van der Waals surface area contributed by atoms with Gasteiger partial charge in [-0.2, -0.15) is 0 Å². The SMILES string of the molecule is NC1C2CCOC2C1NC(=O)C1Cc2ccccc2O1. The molecule has 0 bridgehead atoms. The van der Waals surface area contributed by atoms with Gasteiger partial charge in [0, 0.05) is 25.0 Å². The van der Waals surface area contributed by atoms with Crippen LogP contribution >= 0.6 is 0 Å². The maximum atomic E-state index is 12.3. The van der Waals surface area contributed by atoms with Crippen molar-refractivity contribution < 1.29 is 14.3 Å². The number of para-hydroxylation sites is 1. The van der Waals surface area contributed by atoms with E-state index in [1.165, 1.54) is 0 Å². The Kier molecular flexibility index (Phi) is 2.72. The Morgan fingerprint density at radius 2 is 2.20 bits per heavy atom. The number of carbonyl (C=O) groups excluding carboxylic acids is 1. The van der Waals surface area contributed by atoms with E-state index < -0.39 is 6.10 Å². The Balaban J connectivity index is 1.40. The Morgan fingerprint density at radius 3 is 3.05 bits per heavy atom. The Labute approximate surface area is 117 Å². The van der Waals surface area contributed by atoms with Crippen molar-refractivity contribution in [2.75, 3.05) is 6.61 Å². The zero-order valence-electron chi connectivity index (χ0n) is 11.1. The van der Waals surface area contributed by atoms with Crippen molar-refractivity contribution in [1.82, 2.24) is 5.32 Å². The number of rotatable bonds is 2. The Hall–Kier alpha value is -1.59. The summed E-state index contributed by atoms with van der Waals surface area (Å²) < 4.78 is 11.3. The molecule has 2 fully saturated rings. The van der Waals surface area contributed by atoms with Gasteiger partial charge >= 0.3 is 0 Å². The van der Waals surface area contributed by atoms with Gasteiger partial charge in [-0.05, 0) is 18.1 Å². The van der Waals surface area contributed by atoms with Gasteiger partial charge in [0.15, 0.2) is 6.10 Å². The standard InChI is InChI=1S/C15H18N2O3/c16-12-9-5-6-19-14(9)13(12)17-15(18)11-7-8-3-1-2-4-10(8)20-11/h1-4,9,11-14H,5-7,16H2,(H,17,18). The third kappa shape index (κ3) is 1.73. The first kappa shape index (κ1) is 12.2. The van der Waals surface area contributed by atoms with Crippen LogP contribution < -0.4 is 15.8 Å². The molecular formula is C15H18N2O3. The molecule has 1 aliphatic carbocycles. The van der Waals surface area contributed by atoms with E-state index in [4.69, 9.17) is 15.2 Å². The quantitative estimate of drug-likeness (QED) is 0.809. The highest BCUT2D eigenvalue weighted by atomic mass is 16.5. The molecule has 1 saturated carbocycles. The van der Waals surface area contributed by atoms with Crippen molar-refractivity contribution in [2.24, 2.45) is 11.7 Å². The predicted octanol–water partition coefficient (Wildman–Crippen LogP) is 0.221. The van der Waals surface area contributed by atoms with Crippen molar-refractivity contribution in [3.05, 3.63) is 29.8 Å². The fourth-order valence-corrected chi connectivity index (χ4v) is 3.51. The molecule has 2 heterocycles. The summed E-state index contributed by atoms with van der Waals surface area (Å²) >= 11 is 0. The number of hydrogen-bond acceptors (Lipinski definition) is 4. The zero-order valence-corrected chi connectivity index (χ0v) is 11.1. The molecule has 1 amide bonds. The molecule has 3 aliphatic rings. The lowest BCUT2D eigenvalue weighted by atomic mass is 9.72. The second kappa shape index (κ2) is 4.46. The molecule has 0 spiro atoms. The van der Waals surface area contributed by atoms with Crippen LogP contribution in [0.5, 0.6) is 5.75 Å². The lowest BCUT2D eigenvalue weighted by Gasteiger charge is -2.45. The first-order valence-corrected chi connectivity index (χ1v) is 7.16. The zero-order chi connectivity index (χ0) is 13.7. The van der Waals surface area contributed by atoms with Gasteiger partial charge in [0.1, 0.15) is 5.75 Å². The van der Waals surface area contributed by atoms with Crippen LogP contribution in [0, 0.1) is 5.92 Å². The average molecular weight is 274 g/mol. The molecule has 5 nitrogen and oxygen atoms in total. The highest BCUT2D eigenvalue weighted by molar-refractivity contribution is 5.83. The topological polar surface area (TPSA) is 73.6 Å². The average Bonchev–Trinajstić information content (AvgIpc) is 3.08. The molecule has 1 saturated heterocycles. The van der Waals surface area contributed by atoms with Gasteiger partial charge in [-0.15, -0.1) is 0 Å². The van der Waals surface area contributed by atoms with E-state index in [1.807, 2.05) is 24.3 Å². The fraction of sp³-hybridized carbons (Fsp3) is 0.533. The van der Waals surface area contributed by atoms with Crippen LogP contribution in [0.3, 0.4) is 0 Å². The summed E-state index contributed by atoms with van der Waals surface area (Å²) in [7, 11) is 0. The first-order chi connectivity index (χ1) is 9.74. The summed E-state index contributed by atoms with van der Waals surface area (Å²) in [5.74, 6) is 1.12. The van der Waals surface area contributed by atoms with Crippen LogP contribution in [0.2, 0.25) is 0 Å². The van der Waals surface area contributed by atoms with Crippen LogP contribution in [-0.4, -0.2) is 36.8 Å². The minimum absolute atomic E-state index is 0.00947. The molecule has 106 valence electrons. The van der Waals surface area contributed by atoms with E-state index in [9.17, 15) is 4.79 Å². The van der Waals surface area contributed by atoms with Crippen molar-refractivity contribution >= 4 is 5.91 Å². The number of carbonyl (C=O) groups is 1. The maximum Gasteiger partial charge on any atom is 0.261 e. The lowest BCUT2D eigenvalue weighted by Crippen LogP contribution is -2.69. The third-order valence-electron chi connectivity index (χ3n) is 4.69. The third-order valence-corrected chi connectivity index (χ3v) is 4.69. The largest absolute Gasteiger partial charge is 0.480 e. The molecule has 4 rings (SSSR count). The number of ether oxygens (including phenoxy) is 2. The number of benzene rings is 1. The van der Waals surface area contributed by atoms with Gasteiger partial charge in [-0.1, -0.05) is 18.2 Å². The van der Waals surface area contributed by atoms with Crippen LogP contribution in [0.25, 0.3) is 0 Å². The first-order valence-electron chi connectivity index (χ1n) is 7.16. The molecule has 1 aromatic rings. The minimum Gasteiger partial charge on any atom is -0.480 e. The van der Waals surface area contributed by atoms with Crippen molar-refractivity contribution in [3.63, 3.8) is 0 Å². The van der Waals surface area contributed by atoms with Crippen molar-refractivity contribution in [3.8, 4) is 5.75 Å². The summed E-state index contributed by atoms with van der Waals surface area (Å²) in [6, 6.07) is 7.71. The number of fused-ring (bicyclic) bond motifs is 2. The number of nitrogens with one attached hydrogen (secondary N) is 1. The van der Waals surface area contributed by atoms with Gasteiger partial charge in [0.25, 0.3) is 5.91 Å². The van der Waals surface area contributed by atoms with E-state index >= 15 is 0 Å². The molecule has 5 atom stereocenters. The van der Waals surface area contributed by atoms with E-state index in [2.05, 4.69) is 5.32 Å². The Bertz CT molecular complexity index is 523. The van der Waals surface area contributed by atoms with Crippen molar-refractivity contribution in [2.45, 2.75) is 37.1 Å². The highest BCUT2D eigenvalue weighted by Crippen LogP contribution is 2.38. The van der Waals surface area contributed by atoms with E-state index in [-0.39, 0.29) is 24.1 Å². The molecule has 20 heavy (non-hydrogen) atoms. The van der Waals surface area contributed by atoms with Crippen LogP contribution in [-0.2, 0) is 16.0 Å². The Morgan fingerprint density at radius 1 is 1.35 bits per heavy atom. The number of nitrogens with two attached hydrogens (primary N) is 1. The van der Waals surface area contributed by atoms with Crippen LogP contribution in [0.15, 0.2) is 24.3 Å². The lowest BCUT2D eigenvalue weighted by molar-refractivity contribution is -0.131. The van der Waals surface area contributed by atoms with Crippen molar-refractivity contribution in [1.29, 1.82) is 0 Å².